The van der Waals surface area contributed by atoms with Crippen molar-refractivity contribution in [2.24, 2.45) is 0 Å². The van der Waals surface area contributed by atoms with Gasteiger partial charge in [0.25, 0.3) is 0 Å². The molecule has 0 saturated heterocycles. The zero-order chi connectivity index (χ0) is 6.97. The molecule has 0 saturated carbocycles. The quantitative estimate of drug-likeness (QED) is 0.507. The standard InChI is InChI=1S/C10H9.2FH.Hf/c1-8-6-7-9-4-2-3-5-10(8)9;;;/h2-7H,1H3;2*1H;/q-1;;;. The third-order valence-corrected chi connectivity index (χ3v) is 1.90. The Hall–Kier alpha value is -0.440. The van der Waals surface area contributed by atoms with Crippen LogP contribution in [-0.4, -0.2) is 0 Å². The van der Waals surface area contributed by atoms with E-state index in [2.05, 4.69) is 43.3 Å². The van der Waals surface area contributed by atoms with Gasteiger partial charge in [-0.05, 0) is 0 Å². The summed E-state index contributed by atoms with van der Waals surface area (Å²) in [5.74, 6) is 0. The van der Waals surface area contributed by atoms with Gasteiger partial charge in [0.15, 0.2) is 0 Å². The maximum absolute atomic E-state index is 2.16. The molecule has 0 aliphatic carbocycles. The van der Waals surface area contributed by atoms with Crippen LogP contribution in [0.25, 0.3) is 10.8 Å². The number of rotatable bonds is 0. The van der Waals surface area contributed by atoms with Crippen molar-refractivity contribution in [3.8, 4) is 0 Å². The van der Waals surface area contributed by atoms with Crippen LogP contribution < -0.4 is 0 Å². The monoisotopic (exact) mass is 349 g/mol. The Labute approximate surface area is 94.8 Å². The van der Waals surface area contributed by atoms with E-state index in [9.17, 15) is 0 Å². The number of benzene rings is 1. The zero-order valence-corrected chi connectivity index (χ0v) is 10.9. The molecule has 2 rings (SSSR count). The Bertz CT molecular complexity index is 354. The minimum atomic E-state index is 0. The smallest absolute Gasteiger partial charge is 0 e. The molecular weight excluding hydrogens is 337 g/mol. The molecule has 13 heavy (non-hydrogen) atoms. The predicted molar refractivity (Wildman–Crippen MR) is 49.3 cm³/mol. The fraction of sp³-hybridized carbons (Fsp3) is 0.100. The second-order valence-corrected chi connectivity index (χ2v) is 2.60. The first kappa shape index (κ1) is 15.1. The second kappa shape index (κ2) is 6.08. The molecule has 0 aliphatic rings. The summed E-state index contributed by atoms with van der Waals surface area (Å²) in [6.45, 7) is 2.14. The molecule has 0 amide bonds. The van der Waals surface area contributed by atoms with Gasteiger partial charge in [-0.25, -0.2) is 0 Å². The average Bonchev–Trinajstić information content (AvgIpc) is 2.34. The number of hydrogen-bond donors (Lipinski definition) is 0. The largest absolute Gasteiger partial charge is 0.269 e. The molecule has 0 bridgehead atoms. The third kappa shape index (κ3) is 2.76. The molecule has 2 aromatic carbocycles. The van der Waals surface area contributed by atoms with Crippen molar-refractivity contribution in [2.75, 3.05) is 0 Å². The summed E-state index contributed by atoms with van der Waals surface area (Å²) in [5.41, 5.74) is 1.37. The zero-order valence-electron chi connectivity index (χ0n) is 7.28. The third-order valence-electron chi connectivity index (χ3n) is 1.90. The predicted octanol–water partition coefficient (Wildman–Crippen LogP) is 3.17. The summed E-state index contributed by atoms with van der Waals surface area (Å²) in [6.07, 6.45) is 0. The molecule has 0 aromatic heterocycles. The van der Waals surface area contributed by atoms with E-state index in [1.807, 2.05) is 0 Å². The van der Waals surface area contributed by atoms with E-state index < -0.39 is 0 Å². The Morgan fingerprint density at radius 3 is 2.23 bits per heavy atom. The van der Waals surface area contributed by atoms with Crippen LogP contribution in [0.3, 0.4) is 0 Å². The van der Waals surface area contributed by atoms with Crippen molar-refractivity contribution in [1.82, 2.24) is 0 Å². The molecule has 0 heterocycles. The molecule has 0 atom stereocenters. The van der Waals surface area contributed by atoms with Crippen molar-refractivity contribution in [3.05, 3.63) is 42.0 Å². The summed E-state index contributed by atoms with van der Waals surface area (Å²) in [7, 11) is 0. The first-order valence-electron chi connectivity index (χ1n) is 3.49. The molecule has 70 valence electrons. The minimum Gasteiger partial charge on any atom is -0.269 e. The van der Waals surface area contributed by atoms with Gasteiger partial charge in [-0.15, -0.1) is 34.5 Å². The molecule has 0 fully saturated rings. The van der Waals surface area contributed by atoms with Gasteiger partial charge in [0, 0.05) is 25.8 Å². The average molecular weight is 348 g/mol. The van der Waals surface area contributed by atoms with E-state index >= 15 is 0 Å². The van der Waals surface area contributed by atoms with Crippen LogP contribution in [0.5, 0.6) is 0 Å². The van der Waals surface area contributed by atoms with E-state index in [4.69, 9.17) is 0 Å². The summed E-state index contributed by atoms with van der Waals surface area (Å²) in [6, 6.07) is 12.8. The van der Waals surface area contributed by atoms with Crippen LogP contribution >= 0.6 is 0 Å². The van der Waals surface area contributed by atoms with Crippen molar-refractivity contribution in [1.29, 1.82) is 0 Å². The van der Waals surface area contributed by atoms with Crippen LogP contribution in [0.4, 0.5) is 9.41 Å². The van der Waals surface area contributed by atoms with E-state index in [1.165, 1.54) is 16.3 Å². The van der Waals surface area contributed by atoms with Crippen molar-refractivity contribution >= 4 is 10.8 Å². The van der Waals surface area contributed by atoms with Gasteiger partial charge in [-0.2, -0.15) is 12.1 Å². The molecule has 0 aliphatic heterocycles. The summed E-state index contributed by atoms with van der Waals surface area (Å²) < 4.78 is 0. The number of halogens is 2. The fourth-order valence-corrected chi connectivity index (χ4v) is 1.31. The fourth-order valence-electron chi connectivity index (χ4n) is 1.31. The molecule has 0 radical (unpaired) electrons. The SMILES string of the molecule is C[c-]1ccc2ccccc21.F.F.[Hf]. The normalized spacial score (nSPS) is 8.08. The van der Waals surface area contributed by atoms with Crippen LogP contribution in [-0.2, 0) is 25.8 Å². The van der Waals surface area contributed by atoms with Crippen molar-refractivity contribution in [3.63, 3.8) is 0 Å². The Morgan fingerprint density at radius 2 is 1.62 bits per heavy atom. The first-order valence-corrected chi connectivity index (χ1v) is 3.49. The Balaban J connectivity index is 0. The van der Waals surface area contributed by atoms with Gasteiger partial charge in [0.1, 0.15) is 0 Å². The number of aryl methyl sites for hydroxylation is 1. The van der Waals surface area contributed by atoms with Gasteiger partial charge in [0.05, 0.1) is 0 Å². The molecule has 2 aromatic rings. The molecule has 0 nitrogen and oxygen atoms in total. The van der Waals surface area contributed by atoms with Gasteiger partial charge in [-0.3, -0.25) is 9.41 Å². The first-order chi connectivity index (χ1) is 4.88. The van der Waals surface area contributed by atoms with E-state index in [0.29, 0.717) is 0 Å². The van der Waals surface area contributed by atoms with E-state index in [0.717, 1.165) is 0 Å². The van der Waals surface area contributed by atoms with Crippen LogP contribution in [0.2, 0.25) is 0 Å². The molecule has 0 unspecified atom stereocenters. The van der Waals surface area contributed by atoms with E-state index in [1.54, 1.807) is 0 Å². The van der Waals surface area contributed by atoms with Crippen LogP contribution in [0, 0.1) is 6.92 Å². The summed E-state index contributed by atoms with van der Waals surface area (Å²) >= 11 is 0. The molecule has 0 N–H and O–H groups in total. The van der Waals surface area contributed by atoms with Gasteiger partial charge in [0.2, 0.25) is 0 Å². The molecular formula is C10H11F2Hf-. The molecule has 3 heteroatoms. The van der Waals surface area contributed by atoms with Crippen LogP contribution in [0.15, 0.2) is 36.4 Å². The Morgan fingerprint density at radius 1 is 1.00 bits per heavy atom. The summed E-state index contributed by atoms with van der Waals surface area (Å²) in [5, 5.41) is 2.72. The van der Waals surface area contributed by atoms with Crippen molar-refractivity contribution in [2.45, 2.75) is 6.92 Å². The Kier molecular flexibility index (Phi) is 7.04. The number of hydrogen-bond acceptors (Lipinski definition) is 0. The van der Waals surface area contributed by atoms with E-state index in [-0.39, 0.29) is 35.3 Å². The van der Waals surface area contributed by atoms with Gasteiger partial charge in [-0.1, -0.05) is 13.0 Å². The van der Waals surface area contributed by atoms with Crippen LogP contribution in [0.1, 0.15) is 5.56 Å². The molecule has 0 spiro atoms. The van der Waals surface area contributed by atoms with Gasteiger partial charge < -0.3 is 0 Å². The maximum Gasteiger partial charge on any atom is 0 e. The van der Waals surface area contributed by atoms with Crippen molar-refractivity contribution < 1.29 is 35.3 Å². The van der Waals surface area contributed by atoms with Gasteiger partial charge >= 0.3 is 0 Å². The second-order valence-electron chi connectivity index (χ2n) is 2.60. The summed E-state index contributed by atoms with van der Waals surface area (Å²) in [4.78, 5) is 0. The number of fused-ring (bicyclic) bond motifs is 1. The minimum absolute atomic E-state index is 0. The maximum atomic E-state index is 2.16. The topological polar surface area (TPSA) is 0 Å².